The summed E-state index contributed by atoms with van der Waals surface area (Å²) in [6, 6.07) is 0. The molecule has 5 rings (SSSR count). The van der Waals surface area contributed by atoms with Crippen molar-refractivity contribution in [1.82, 2.24) is 0 Å². The highest BCUT2D eigenvalue weighted by molar-refractivity contribution is 5.26. The SMILES string of the molecule is CO[C@@H]1CC2C3CCC([C@H](C)[C@@H](O)C[C@H](C)C(C)C)[C@@]3(C)CCC2[C@@]2(C)CC[C@@H]3C[C@]312. The topological polar surface area (TPSA) is 29.5 Å². The van der Waals surface area contributed by atoms with Gasteiger partial charge in [0.05, 0.1) is 12.2 Å². The predicted octanol–water partition coefficient (Wildman–Crippen LogP) is 6.95. The highest BCUT2D eigenvalue weighted by Gasteiger charge is 2.77. The molecule has 0 radical (unpaired) electrons. The quantitative estimate of drug-likeness (QED) is 0.494. The minimum Gasteiger partial charge on any atom is -0.393 e. The highest BCUT2D eigenvalue weighted by Crippen LogP contribution is 2.82. The number of aliphatic hydroxyl groups excluding tert-OH is 1. The number of ether oxygens (including phenoxy) is 1. The minimum absolute atomic E-state index is 0.142. The monoisotopic (exact) mass is 430 g/mol. The molecule has 2 heteroatoms. The number of hydrogen-bond donors (Lipinski definition) is 1. The van der Waals surface area contributed by atoms with Gasteiger partial charge < -0.3 is 9.84 Å². The molecule has 178 valence electrons. The molecule has 0 aromatic carbocycles. The molecule has 31 heavy (non-hydrogen) atoms. The second-order valence-corrected chi connectivity index (χ2v) is 13.8. The summed E-state index contributed by atoms with van der Waals surface area (Å²) in [7, 11) is 2.00. The third kappa shape index (κ3) is 2.95. The molecule has 1 N–H and O–H groups in total. The van der Waals surface area contributed by atoms with Crippen LogP contribution in [0.15, 0.2) is 0 Å². The minimum atomic E-state index is -0.142. The van der Waals surface area contributed by atoms with Crippen molar-refractivity contribution in [3.63, 3.8) is 0 Å². The van der Waals surface area contributed by atoms with Crippen LogP contribution < -0.4 is 0 Å². The van der Waals surface area contributed by atoms with Crippen molar-refractivity contribution < 1.29 is 9.84 Å². The fourth-order valence-corrected chi connectivity index (χ4v) is 10.6. The maximum absolute atomic E-state index is 11.2. The summed E-state index contributed by atoms with van der Waals surface area (Å²) in [6.07, 6.45) is 12.6. The Morgan fingerprint density at radius 3 is 2.35 bits per heavy atom. The van der Waals surface area contributed by atoms with E-state index in [4.69, 9.17) is 4.74 Å². The van der Waals surface area contributed by atoms with E-state index in [-0.39, 0.29) is 6.10 Å². The second kappa shape index (κ2) is 7.46. The van der Waals surface area contributed by atoms with Crippen LogP contribution in [-0.4, -0.2) is 24.4 Å². The second-order valence-electron chi connectivity index (χ2n) is 13.8. The molecule has 5 saturated carbocycles. The fourth-order valence-electron chi connectivity index (χ4n) is 10.6. The van der Waals surface area contributed by atoms with Gasteiger partial charge in [-0.05, 0) is 116 Å². The molecule has 2 nitrogen and oxygen atoms in total. The van der Waals surface area contributed by atoms with E-state index in [9.17, 15) is 5.11 Å². The van der Waals surface area contributed by atoms with Crippen LogP contribution in [0.2, 0.25) is 0 Å². The summed E-state index contributed by atoms with van der Waals surface area (Å²) in [5.41, 5.74) is 1.48. The molecule has 0 aromatic rings. The average Bonchev–Trinajstić information content (AvgIpc) is 3.24. The maximum atomic E-state index is 11.2. The normalized spacial score (nSPS) is 53.3. The smallest absolute Gasteiger partial charge is 0.0638 e. The standard InChI is InChI=1S/C29H50O2/c1-17(2)18(3)14-25(30)19(4)22-8-9-23-21-15-26(31-7)29-16-20(29)10-13-28(29,6)24(21)11-12-27(22,23)5/h17-26,30H,8-16H2,1-7H3/t18-,19-,20+,21?,22?,23?,24?,25-,26+,27+,28+,29-/m0/s1. The van der Waals surface area contributed by atoms with Crippen molar-refractivity contribution in [1.29, 1.82) is 0 Å². The van der Waals surface area contributed by atoms with Crippen molar-refractivity contribution in [3.05, 3.63) is 0 Å². The van der Waals surface area contributed by atoms with Gasteiger partial charge in [-0.3, -0.25) is 0 Å². The highest BCUT2D eigenvalue weighted by atomic mass is 16.5. The molecular weight excluding hydrogens is 380 g/mol. The van der Waals surface area contributed by atoms with Gasteiger partial charge >= 0.3 is 0 Å². The zero-order valence-corrected chi connectivity index (χ0v) is 21.5. The van der Waals surface area contributed by atoms with Gasteiger partial charge in [-0.1, -0.05) is 41.5 Å². The molecule has 5 fully saturated rings. The van der Waals surface area contributed by atoms with E-state index in [1.54, 1.807) is 0 Å². The summed E-state index contributed by atoms with van der Waals surface area (Å²) < 4.78 is 6.28. The van der Waals surface area contributed by atoms with E-state index in [1.165, 1.54) is 51.4 Å². The van der Waals surface area contributed by atoms with Crippen molar-refractivity contribution >= 4 is 0 Å². The van der Waals surface area contributed by atoms with Crippen molar-refractivity contribution in [2.45, 2.75) is 112 Å². The molecule has 0 saturated heterocycles. The van der Waals surface area contributed by atoms with Gasteiger partial charge in [0.25, 0.3) is 0 Å². The van der Waals surface area contributed by atoms with Gasteiger partial charge in [0.1, 0.15) is 0 Å². The van der Waals surface area contributed by atoms with Gasteiger partial charge in [-0.15, -0.1) is 0 Å². The molecule has 0 bridgehead atoms. The molecule has 0 aliphatic heterocycles. The Labute approximate surface area is 192 Å². The van der Waals surface area contributed by atoms with E-state index < -0.39 is 0 Å². The van der Waals surface area contributed by atoms with E-state index >= 15 is 0 Å². The lowest BCUT2D eigenvalue weighted by Crippen LogP contribution is -2.57. The van der Waals surface area contributed by atoms with Crippen LogP contribution in [0, 0.1) is 63.6 Å². The Morgan fingerprint density at radius 1 is 0.968 bits per heavy atom. The largest absolute Gasteiger partial charge is 0.393 e. The summed E-state index contributed by atoms with van der Waals surface area (Å²) in [4.78, 5) is 0. The first-order valence-electron chi connectivity index (χ1n) is 13.8. The van der Waals surface area contributed by atoms with Crippen LogP contribution in [0.1, 0.15) is 99.3 Å². The number of rotatable bonds is 6. The van der Waals surface area contributed by atoms with Crippen LogP contribution in [0.3, 0.4) is 0 Å². The first-order valence-corrected chi connectivity index (χ1v) is 13.8. The van der Waals surface area contributed by atoms with E-state index in [0.717, 1.165) is 30.1 Å². The van der Waals surface area contributed by atoms with Crippen LogP contribution >= 0.6 is 0 Å². The Balaban J connectivity index is 1.37. The van der Waals surface area contributed by atoms with Crippen LogP contribution in [0.5, 0.6) is 0 Å². The van der Waals surface area contributed by atoms with Crippen LogP contribution in [0.25, 0.3) is 0 Å². The molecule has 0 amide bonds. The zero-order chi connectivity index (χ0) is 22.3. The van der Waals surface area contributed by atoms with Crippen LogP contribution in [0.4, 0.5) is 0 Å². The Bertz CT molecular complexity index is 688. The van der Waals surface area contributed by atoms with Gasteiger partial charge in [-0.25, -0.2) is 0 Å². The Kier molecular flexibility index (Phi) is 5.46. The van der Waals surface area contributed by atoms with Gasteiger partial charge in [0, 0.05) is 12.5 Å². The van der Waals surface area contributed by atoms with Gasteiger partial charge in [0.15, 0.2) is 0 Å². The zero-order valence-electron chi connectivity index (χ0n) is 21.5. The molecule has 5 aliphatic rings. The molecule has 4 unspecified atom stereocenters. The summed E-state index contributed by atoms with van der Waals surface area (Å²) in [5, 5.41) is 11.2. The predicted molar refractivity (Wildman–Crippen MR) is 128 cm³/mol. The average molecular weight is 431 g/mol. The Hall–Kier alpha value is -0.0800. The molecule has 0 aromatic heterocycles. The number of hydrogen-bond acceptors (Lipinski definition) is 2. The summed E-state index contributed by atoms with van der Waals surface area (Å²) >= 11 is 0. The number of fused-ring (bicyclic) bond motifs is 4. The molecule has 1 spiro atoms. The van der Waals surface area contributed by atoms with E-state index in [1.807, 2.05) is 7.11 Å². The first-order chi connectivity index (χ1) is 14.6. The first kappa shape index (κ1) is 22.7. The fraction of sp³-hybridized carbons (Fsp3) is 1.00. The lowest BCUT2D eigenvalue weighted by molar-refractivity contribution is -0.162. The lowest BCUT2D eigenvalue weighted by atomic mass is 9.45. The number of aliphatic hydroxyl groups is 1. The molecular formula is C29H50O2. The molecule has 0 heterocycles. The van der Waals surface area contributed by atoms with Crippen molar-refractivity contribution in [2.75, 3.05) is 7.11 Å². The molecule has 12 atom stereocenters. The number of methoxy groups -OCH3 is 1. The lowest BCUT2D eigenvalue weighted by Gasteiger charge is -2.61. The summed E-state index contributed by atoms with van der Waals surface area (Å²) in [6.45, 7) is 14.6. The third-order valence-corrected chi connectivity index (χ3v) is 12.9. The van der Waals surface area contributed by atoms with Gasteiger partial charge in [0.2, 0.25) is 0 Å². The van der Waals surface area contributed by atoms with Crippen molar-refractivity contribution in [3.8, 4) is 0 Å². The third-order valence-electron chi connectivity index (χ3n) is 12.9. The van der Waals surface area contributed by atoms with E-state index in [2.05, 4.69) is 41.5 Å². The van der Waals surface area contributed by atoms with Gasteiger partial charge in [-0.2, -0.15) is 0 Å². The summed E-state index contributed by atoms with van der Waals surface area (Å²) in [5.74, 6) is 5.95. The molecule has 5 aliphatic carbocycles. The maximum Gasteiger partial charge on any atom is 0.0638 e. The van der Waals surface area contributed by atoms with Crippen molar-refractivity contribution in [2.24, 2.45) is 63.6 Å². The van der Waals surface area contributed by atoms with E-state index in [0.29, 0.717) is 46.0 Å². The Morgan fingerprint density at radius 2 is 1.71 bits per heavy atom. The van der Waals surface area contributed by atoms with Crippen LogP contribution in [-0.2, 0) is 4.74 Å².